The number of carbonyl (C=O) groups excluding carboxylic acids is 1. The van der Waals surface area contributed by atoms with Gasteiger partial charge >= 0.3 is 0 Å². The van der Waals surface area contributed by atoms with Gasteiger partial charge in [-0.25, -0.2) is 0 Å². The first kappa shape index (κ1) is 19.7. The van der Waals surface area contributed by atoms with E-state index in [1.165, 1.54) is 5.56 Å². The molecule has 0 atom stereocenters. The van der Waals surface area contributed by atoms with E-state index in [-0.39, 0.29) is 11.8 Å². The smallest absolute Gasteiger partial charge is 0.223 e. The normalized spacial score (nSPS) is 15.5. The molecule has 1 aliphatic heterocycles. The van der Waals surface area contributed by atoms with Gasteiger partial charge in [-0.05, 0) is 68.2 Å². The summed E-state index contributed by atoms with van der Waals surface area (Å²) in [5.74, 6) is 1.13. The minimum Gasteiger partial charge on any atom is -0.494 e. The molecule has 0 radical (unpaired) electrons. The third kappa shape index (κ3) is 5.98. The zero-order valence-electron chi connectivity index (χ0n) is 15.8. The predicted octanol–water partition coefficient (Wildman–Crippen LogP) is 4.27. The fourth-order valence-electron chi connectivity index (χ4n) is 3.40. The quantitative estimate of drug-likeness (QED) is 0.772. The first-order valence-corrected chi connectivity index (χ1v) is 9.98. The first-order chi connectivity index (χ1) is 13.1. The second-order valence-electron chi connectivity index (χ2n) is 6.97. The highest BCUT2D eigenvalue weighted by molar-refractivity contribution is 6.30. The number of halogens is 1. The number of nitrogens with one attached hydrogen (secondary N) is 1. The van der Waals surface area contributed by atoms with E-state index in [4.69, 9.17) is 16.3 Å². The highest BCUT2D eigenvalue weighted by Gasteiger charge is 2.24. The highest BCUT2D eigenvalue weighted by atomic mass is 35.5. The maximum atomic E-state index is 12.5. The van der Waals surface area contributed by atoms with E-state index < -0.39 is 0 Å². The Kier molecular flexibility index (Phi) is 7.13. The molecule has 1 amide bonds. The molecule has 0 saturated carbocycles. The molecule has 0 bridgehead atoms. The van der Waals surface area contributed by atoms with Crippen LogP contribution in [-0.4, -0.2) is 30.5 Å². The fraction of sp³-hybridized carbons (Fsp3) is 0.409. The third-order valence-electron chi connectivity index (χ3n) is 4.98. The number of nitrogens with zero attached hydrogens (tertiary/aromatic N) is 1. The molecule has 4 nitrogen and oxygen atoms in total. The Morgan fingerprint density at radius 1 is 1.07 bits per heavy atom. The minimum absolute atomic E-state index is 0.106. The van der Waals surface area contributed by atoms with Crippen LogP contribution < -0.4 is 10.1 Å². The van der Waals surface area contributed by atoms with E-state index in [0.717, 1.165) is 48.8 Å². The van der Waals surface area contributed by atoms with E-state index in [2.05, 4.69) is 22.3 Å². The number of carbonyl (C=O) groups is 1. The standard InChI is InChI=1S/C22H27ClN2O2/c1-2-27-21-9-5-17(6-10-21)15-24-22(26)19-11-13-25(14-12-19)16-18-3-7-20(23)8-4-18/h3-10,19H,2,11-16H2,1H3,(H,24,26). The van der Waals surface area contributed by atoms with Gasteiger partial charge in [-0.15, -0.1) is 0 Å². The van der Waals surface area contributed by atoms with Crippen molar-refractivity contribution < 1.29 is 9.53 Å². The lowest BCUT2D eigenvalue weighted by Crippen LogP contribution is -2.40. The van der Waals surface area contributed by atoms with Gasteiger partial charge in [0.1, 0.15) is 5.75 Å². The van der Waals surface area contributed by atoms with Gasteiger partial charge in [0.05, 0.1) is 6.61 Å². The van der Waals surface area contributed by atoms with Crippen molar-refractivity contribution in [2.24, 2.45) is 5.92 Å². The molecule has 0 aromatic heterocycles. The summed E-state index contributed by atoms with van der Waals surface area (Å²) >= 11 is 5.94. The van der Waals surface area contributed by atoms with Gasteiger partial charge in [-0.3, -0.25) is 9.69 Å². The lowest BCUT2D eigenvalue weighted by atomic mass is 9.95. The van der Waals surface area contributed by atoms with Gasteiger partial charge in [0, 0.05) is 24.0 Å². The number of piperidine rings is 1. The summed E-state index contributed by atoms with van der Waals surface area (Å²) in [6.45, 7) is 6.00. The Bertz CT molecular complexity index is 723. The average molecular weight is 387 g/mol. The zero-order chi connectivity index (χ0) is 19.1. The van der Waals surface area contributed by atoms with Crippen LogP contribution in [0, 0.1) is 5.92 Å². The van der Waals surface area contributed by atoms with E-state index in [9.17, 15) is 4.79 Å². The molecule has 2 aromatic rings. The largest absolute Gasteiger partial charge is 0.494 e. The predicted molar refractivity (Wildman–Crippen MR) is 109 cm³/mol. The van der Waals surface area contributed by atoms with E-state index in [1.807, 2.05) is 43.3 Å². The van der Waals surface area contributed by atoms with Crippen LogP contribution in [0.15, 0.2) is 48.5 Å². The third-order valence-corrected chi connectivity index (χ3v) is 5.23. The molecule has 1 saturated heterocycles. The molecule has 3 rings (SSSR count). The summed E-state index contributed by atoms with van der Waals surface area (Å²) in [6, 6.07) is 15.9. The minimum atomic E-state index is 0.106. The van der Waals surface area contributed by atoms with Crippen molar-refractivity contribution in [3.63, 3.8) is 0 Å². The molecule has 2 aromatic carbocycles. The zero-order valence-corrected chi connectivity index (χ0v) is 16.5. The Morgan fingerprint density at radius 3 is 2.33 bits per heavy atom. The lowest BCUT2D eigenvalue weighted by Gasteiger charge is -2.31. The van der Waals surface area contributed by atoms with Crippen LogP contribution in [-0.2, 0) is 17.9 Å². The molecular weight excluding hydrogens is 360 g/mol. The second kappa shape index (κ2) is 9.77. The monoisotopic (exact) mass is 386 g/mol. The average Bonchev–Trinajstić information content (AvgIpc) is 2.70. The van der Waals surface area contributed by atoms with Crippen molar-refractivity contribution in [2.75, 3.05) is 19.7 Å². The van der Waals surface area contributed by atoms with Crippen molar-refractivity contribution >= 4 is 17.5 Å². The number of rotatable bonds is 7. The van der Waals surface area contributed by atoms with Gasteiger partial charge in [-0.1, -0.05) is 35.9 Å². The van der Waals surface area contributed by atoms with Gasteiger partial charge in [0.2, 0.25) is 5.91 Å². The van der Waals surface area contributed by atoms with Crippen LogP contribution in [0.2, 0.25) is 5.02 Å². The molecular formula is C22H27ClN2O2. The Labute approximate surface area is 166 Å². The summed E-state index contributed by atoms with van der Waals surface area (Å²) < 4.78 is 5.44. The SMILES string of the molecule is CCOc1ccc(CNC(=O)C2CCN(Cc3ccc(Cl)cc3)CC2)cc1. The summed E-state index contributed by atoms with van der Waals surface area (Å²) in [4.78, 5) is 14.9. The van der Waals surface area contributed by atoms with Gasteiger partial charge in [0.25, 0.3) is 0 Å². The highest BCUT2D eigenvalue weighted by Crippen LogP contribution is 2.20. The number of hydrogen-bond acceptors (Lipinski definition) is 3. The number of ether oxygens (including phenoxy) is 1. The summed E-state index contributed by atoms with van der Waals surface area (Å²) in [6.07, 6.45) is 1.81. The van der Waals surface area contributed by atoms with Gasteiger partial charge in [-0.2, -0.15) is 0 Å². The maximum absolute atomic E-state index is 12.5. The van der Waals surface area contributed by atoms with Crippen LogP contribution in [0.25, 0.3) is 0 Å². The number of benzene rings is 2. The van der Waals surface area contributed by atoms with E-state index in [0.29, 0.717) is 13.2 Å². The fourth-order valence-corrected chi connectivity index (χ4v) is 3.53. The van der Waals surface area contributed by atoms with Crippen LogP contribution in [0.5, 0.6) is 5.75 Å². The summed E-state index contributed by atoms with van der Waals surface area (Å²) in [7, 11) is 0. The van der Waals surface area contributed by atoms with Crippen molar-refractivity contribution in [3.8, 4) is 5.75 Å². The van der Waals surface area contributed by atoms with Crippen LogP contribution in [0.4, 0.5) is 0 Å². The molecule has 144 valence electrons. The van der Waals surface area contributed by atoms with Crippen molar-refractivity contribution in [2.45, 2.75) is 32.9 Å². The lowest BCUT2D eigenvalue weighted by molar-refractivity contribution is -0.126. The van der Waals surface area contributed by atoms with Crippen molar-refractivity contribution in [1.29, 1.82) is 0 Å². The topological polar surface area (TPSA) is 41.6 Å². The first-order valence-electron chi connectivity index (χ1n) is 9.60. The van der Waals surface area contributed by atoms with Crippen LogP contribution in [0.1, 0.15) is 30.9 Å². The molecule has 1 aliphatic rings. The van der Waals surface area contributed by atoms with Crippen molar-refractivity contribution in [1.82, 2.24) is 10.2 Å². The number of hydrogen-bond donors (Lipinski definition) is 1. The van der Waals surface area contributed by atoms with Crippen LogP contribution in [0.3, 0.4) is 0 Å². The Hall–Kier alpha value is -2.04. The molecule has 1 fully saturated rings. The van der Waals surface area contributed by atoms with Gasteiger partial charge < -0.3 is 10.1 Å². The van der Waals surface area contributed by atoms with Crippen molar-refractivity contribution in [3.05, 3.63) is 64.7 Å². The molecule has 0 aliphatic carbocycles. The van der Waals surface area contributed by atoms with E-state index in [1.54, 1.807) is 0 Å². The Balaban J connectivity index is 1.40. The number of amides is 1. The van der Waals surface area contributed by atoms with E-state index >= 15 is 0 Å². The molecule has 0 unspecified atom stereocenters. The molecule has 1 N–H and O–H groups in total. The van der Waals surface area contributed by atoms with Gasteiger partial charge in [0.15, 0.2) is 0 Å². The van der Waals surface area contributed by atoms with Crippen LogP contribution >= 0.6 is 11.6 Å². The molecule has 1 heterocycles. The molecule has 27 heavy (non-hydrogen) atoms. The Morgan fingerprint density at radius 2 is 1.70 bits per heavy atom. The second-order valence-corrected chi connectivity index (χ2v) is 7.41. The maximum Gasteiger partial charge on any atom is 0.223 e. The summed E-state index contributed by atoms with van der Waals surface area (Å²) in [5.41, 5.74) is 2.35. The molecule has 0 spiro atoms. The molecule has 5 heteroatoms. The summed E-state index contributed by atoms with van der Waals surface area (Å²) in [5, 5.41) is 3.84. The number of likely N-dealkylation sites (tertiary alicyclic amines) is 1.